The fraction of sp³-hybridized carbons (Fsp3) is 0.516. The van der Waals surface area contributed by atoms with Crippen LogP contribution in [0, 0.1) is 17.6 Å². The number of carbonyl (C=O) groups excluding carboxylic acids is 2. The van der Waals surface area contributed by atoms with Gasteiger partial charge >= 0.3 is 0 Å². The van der Waals surface area contributed by atoms with E-state index in [1.807, 2.05) is 27.7 Å². The molecular formula is C31H51F2N5O2. The van der Waals surface area contributed by atoms with E-state index in [9.17, 15) is 18.4 Å². The summed E-state index contributed by atoms with van der Waals surface area (Å²) in [6, 6.07) is 2.88. The number of carbonyl (C=O) groups is 2. The summed E-state index contributed by atoms with van der Waals surface area (Å²) in [5, 5.41) is 5.70. The van der Waals surface area contributed by atoms with Crippen LogP contribution in [0.2, 0.25) is 0 Å². The average molecular weight is 564 g/mol. The number of hydrogen-bond acceptors (Lipinski definition) is 4. The quantitative estimate of drug-likeness (QED) is 0.257. The summed E-state index contributed by atoms with van der Waals surface area (Å²) in [5.41, 5.74) is 1.39. The van der Waals surface area contributed by atoms with Crippen molar-refractivity contribution in [2.75, 3.05) is 6.54 Å². The molecular weight excluding hydrogens is 512 g/mol. The van der Waals surface area contributed by atoms with Crippen molar-refractivity contribution >= 4 is 11.8 Å². The van der Waals surface area contributed by atoms with Crippen molar-refractivity contribution in [3.05, 3.63) is 67.3 Å². The first kappa shape index (κ1) is 34.5. The van der Waals surface area contributed by atoms with Crippen LogP contribution in [0.4, 0.5) is 8.78 Å². The number of nitrogens with one attached hydrogen (secondary N) is 3. The maximum Gasteiger partial charge on any atom is 0.243 e. The lowest BCUT2D eigenvalue weighted by Gasteiger charge is -2.37. The Morgan fingerprint density at radius 3 is 2.55 bits per heavy atom. The molecule has 3 rings (SSSR count). The topological polar surface area (TPSA) is 90.1 Å². The van der Waals surface area contributed by atoms with Gasteiger partial charge in [0, 0.05) is 45.6 Å². The minimum Gasteiger partial charge on any atom is -0.373 e. The van der Waals surface area contributed by atoms with E-state index < -0.39 is 17.7 Å². The van der Waals surface area contributed by atoms with Gasteiger partial charge in [-0.1, -0.05) is 34.3 Å². The highest BCUT2D eigenvalue weighted by Crippen LogP contribution is 2.24. The molecule has 2 aromatic rings. The monoisotopic (exact) mass is 563 g/mol. The smallest absolute Gasteiger partial charge is 0.243 e. The van der Waals surface area contributed by atoms with Gasteiger partial charge in [0.15, 0.2) is 0 Å². The van der Waals surface area contributed by atoms with Crippen molar-refractivity contribution in [1.29, 1.82) is 0 Å². The Bertz CT molecular complexity index is 1100. The highest BCUT2D eigenvalue weighted by molar-refractivity contribution is 5.87. The third kappa shape index (κ3) is 10.9. The standard InChI is InChI=1S/C27H37F2N5O2.C2H6.C2H4.2H2/c1-17(2)8-11-26(35)33-23(13-19(4)34-12-6-5-7-18(34)3)27(36)31-16-25-30-15-24(32-25)21-10-9-20(28)14-22(21)29;2*1-2;;/h9-10,14-15,17-18,23H,4-8,11-13,16H2,1-3H3,(H,30,32)(H,31,36)(H,33,35);1-2H3;1-2H2;2*1H/t18-,23-;;;;/m0..../s1. The fourth-order valence-electron chi connectivity index (χ4n) is 4.41. The van der Waals surface area contributed by atoms with E-state index in [4.69, 9.17) is 0 Å². The largest absolute Gasteiger partial charge is 0.373 e. The molecule has 1 aliphatic heterocycles. The molecule has 0 aliphatic carbocycles. The van der Waals surface area contributed by atoms with Gasteiger partial charge in [-0.25, -0.2) is 13.8 Å². The fourth-order valence-corrected chi connectivity index (χ4v) is 4.41. The summed E-state index contributed by atoms with van der Waals surface area (Å²) in [5.74, 6) is -1.09. The Morgan fingerprint density at radius 2 is 1.93 bits per heavy atom. The lowest BCUT2D eigenvalue weighted by atomic mass is 10.0. The molecule has 1 aliphatic rings. The second kappa shape index (κ2) is 18.0. The van der Waals surface area contributed by atoms with E-state index >= 15 is 0 Å². The maximum atomic E-state index is 14.1. The van der Waals surface area contributed by atoms with Crippen molar-refractivity contribution in [3.63, 3.8) is 0 Å². The number of aromatic amines is 1. The molecule has 2 heterocycles. The predicted octanol–water partition coefficient (Wildman–Crippen LogP) is 6.99. The van der Waals surface area contributed by atoms with Crippen LogP contribution in [-0.4, -0.2) is 45.3 Å². The number of aromatic nitrogens is 2. The molecule has 0 bridgehead atoms. The number of hydrogen-bond donors (Lipinski definition) is 3. The Morgan fingerprint density at radius 1 is 1.23 bits per heavy atom. The number of halogens is 2. The first-order valence-corrected chi connectivity index (χ1v) is 14.1. The number of H-pyrrole nitrogens is 1. The van der Waals surface area contributed by atoms with Gasteiger partial charge in [-0.3, -0.25) is 9.59 Å². The summed E-state index contributed by atoms with van der Waals surface area (Å²) in [7, 11) is 0. The molecule has 1 saturated heterocycles. The second-order valence-corrected chi connectivity index (χ2v) is 9.95. The van der Waals surface area contributed by atoms with Crippen LogP contribution in [-0.2, 0) is 16.1 Å². The van der Waals surface area contributed by atoms with Crippen molar-refractivity contribution in [3.8, 4) is 11.3 Å². The molecule has 0 radical (unpaired) electrons. The highest BCUT2D eigenvalue weighted by atomic mass is 19.1. The van der Waals surface area contributed by atoms with Crippen LogP contribution in [0.3, 0.4) is 0 Å². The van der Waals surface area contributed by atoms with Gasteiger partial charge < -0.3 is 20.5 Å². The lowest BCUT2D eigenvalue weighted by molar-refractivity contribution is -0.129. The SMILES string of the molecule is C=C.C=C(C[C@H](NC(=O)CCC(C)C)C(=O)NCc1ncc(-c2ccc(F)cc2F)[nH]1)N1CCCC[C@@H]1C.CC.[HH].[HH]. The zero-order valence-corrected chi connectivity index (χ0v) is 24.8. The Kier molecular flexibility index (Phi) is 15.5. The Balaban J connectivity index is 0. The minimum atomic E-state index is -0.768. The molecule has 0 spiro atoms. The van der Waals surface area contributed by atoms with Gasteiger partial charge in [-0.15, -0.1) is 13.2 Å². The van der Waals surface area contributed by atoms with Crippen molar-refractivity contribution in [2.24, 2.45) is 5.92 Å². The number of amides is 2. The van der Waals surface area contributed by atoms with Crippen LogP contribution in [0.5, 0.6) is 0 Å². The maximum absolute atomic E-state index is 14.1. The zero-order valence-electron chi connectivity index (χ0n) is 24.8. The van der Waals surface area contributed by atoms with E-state index in [2.05, 4.69) is 52.2 Å². The molecule has 226 valence electrons. The van der Waals surface area contributed by atoms with Gasteiger partial charge in [0.05, 0.1) is 18.4 Å². The lowest BCUT2D eigenvalue weighted by Crippen LogP contribution is -2.48. The van der Waals surface area contributed by atoms with E-state index in [0.29, 0.717) is 36.3 Å². The van der Waals surface area contributed by atoms with Gasteiger partial charge in [0.2, 0.25) is 11.8 Å². The Labute approximate surface area is 241 Å². The van der Waals surface area contributed by atoms with E-state index in [1.54, 1.807) is 0 Å². The zero-order chi connectivity index (χ0) is 30.2. The third-order valence-corrected chi connectivity index (χ3v) is 6.53. The summed E-state index contributed by atoms with van der Waals surface area (Å²) < 4.78 is 27.3. The molecule has 7 nitrogen and oxygen atoms in total. The van der Waals surface area contributed by atoms with Gasteiger partial charge in [0.1, 0.15) is 23.5 Å². The summed E-state index contributed by atoms with van der Waals surface area (Å²) in [4.78, 5) is 35.1. The average Bonchev–Trinajstić information content (AvgIpc) is 3.41. The molecule has 0 unspecified atom stereocenters. The third-order valence-electron chi connectivity index (χ3n) is 6.53. The van der Waals surface area contributed by atoms with Crippen molar-refractivity contribution < 1.29 is 21.2 Å². The number of benzene rings is 1. The van der Waals surface area contributed by atoms with Crippen LogP contribution >= 0.6 is 0 Å². The number of nitrogens with zero attached hydrogens (tertiary/aromatic N) is 2. The highest BCUT2D eigenvalue weighted by Gasteiger charge is 2.26. The molecule has 1 fully saturated rings. The van der Waals surface area contributed by atoms with Crippen LogP contribution in [0.1, 0.15) is 81.8 Å². The predicted molar refractivity (Wildman–Crippen MR) is 162 cm³/mol. The molecule has 40 heavy (non-hydrogen) atoms. The number of imidazole rings is 1. The normalized spacial score (nSPS) is 15.2. The molecule has 1 aromatic carbocycles. The first-order valence-electron chi connectivity index (χ1n) is 14.1. The summed E-state index contributed by atoms with van der Waals surface area (Å²) in [6.45, 7) is 21.4. The number of piperidine rings is 1. The number of rotatable bonds is 11. The minimum absolute atomic E-state index is 0. The summed E-state index contributed by atoms with van der Waals surface area (Å²) in [6.07, 6.45) is 6.16. The molecule has 2 amide bonds. The molecule has 1 aromatic heterocycles. The molecule has 9 heteroatoms. The molecule has 0 saturated carbocycles. The number of likely N-dealkylation sites (tertiary alicyclic amines) is 1. The van der Waals surface area contributed by atoms with Gasteiger partial charge in [0.25, 0.3) is 0 Å². The van der Waals surface area contributed by atoms with Crippen LogP contribution < -0.4 is 10.6 Å². The van der Waals surface area contributed by atoms with E-state index in [-0.39, 0.29) is 26.8 Å². The molecule has 2 atom stereocenters. The first-order chi connectivity index (χ1) is 19.1. The molecule has 3 N–H and O–H groups in total. The van der Waals surface area contributed by atoms with Gasteiger partial charge in [-0.05, 0) is 50.7 Å². The summed E-state index contributed by atoms with van der Waals surface area (Å²) >= 11 is 0. The van der Waals surface area contributed by atoms with Crippen molar-refractivity contribution in [2.45, 2.75) is 91.8 Å². The van der Waals surface area contributed by atoms with Crippen LogP contribution in [0.25, 0.3) is 11.3 Å². The van der Waals surface area contributed by atoms with Crippen molar-refractivity contribution in [1.82, 2.24) is 25.5 Å². The van der Waals surface area contributed by atoms with E-state index in [1.165, 1.54) is 24.8 Å². The van der Waals surface area contributed by atoms with E-state index in [0.717, 1.165) is 37.6 Å². The second-order valence-electron chi connectivity index (χ2n) is 9.95. The van der Waals surface area contributed by atoms with Crippen LogP contribution in [0.15, 0.2) is 49.8 Å². The Hall–Kier alpha value is -3.49. The van der Waals surface area contributed by atoms with Gasteiger partial charge in [-0.2, -0.15) is 0 Å².